The van der Waals surface area contributed by atoms with Crippen molar-refractivity contribution in [2.75, 3.05) is 13.7 Å². The molecule has 0 aliphatic carbocycles. The lowest BCUT2D eigenvalue weighted by Gasteiger charge is -2.09. The zero-order valence-corrected chi connectivity index (χ0v) is 18.2. The molecule has 160 valence electrons. The van der Waals surface area contributed by atoms with Crippen LogP contribution in [0.15, 0.2) is 64.3 Å². The Hall–Kier alpha value is -3.66. The molecule has 0 atom stereocenters. The number of nitrogens with zero attached hydrogens (tertiary/aromatic N) is 3. The summed E-state index contributed by atoms with van der Waals surface area (Å²) in [6, 6.07) is 14.5. The van der Waals surface area contributed by atoms with E-state index in [1.165, 1.54) is 13.3 Å². The third-order valence-electron chi connectivity index (χ3n) is 4.07. The maximum absolute atomic E-state index is 12.3. The van der Waals surface area contributed by atoms with Gasteiger partial charge in [0.1, 0.15) is 0 Å². The number of amides is 2. The number of ether oxygens (including phenoxy) is 2. The number of nitrogens with two attached hydrogens (primary N) is 1. The van der Waals surface area contributed by atoms with Gasteiger partial charge < -0.3 is 15.2 Å². The molecular weight excluding hydrogens is 466 g/mol. The first kappa shape index (κ1) is 22.0. The molecule has 0 saturated heterocycles. The van der Waals surface area contributed by atoms with E-state index in [0.717, 1.165) is 10.0 Å². The predicted molar refractivity (Wildman–Crippen MR) is 118 cm³/mol. The van der Waals surface area contributed by atoms with Crippen LogP contribution < -0.4 is 20.6 Å². The van der Waals surface area contributed by atoms with Crippen molar-refractivity contribution in [2.24, 2.45) is 10.8 Å². The fourth-order valence-electron chi connectivity index (χ4n) is 2.61. The van der Waals surface area contributed by atoms with Crippen molar-refractivity contribution in [1.82, 2.24) is 15.2 Å². The summed E-state index contributed by atoms with van der Waals surface area (Å²) < 4.78 is 13.2. The SMILES string of the molecule is COc1ccc(/C=N/NC(=O)c2ccn(Cc3ccc(Br)cc3)n2)cc1OCC(N)=O. The zero-order chi connectivity index (χ0) is 22.2. The van der Waals surface area contributed by atoms with Gasteiger partial charge in [-0.25, -0.2) is 5.43 Å². The number of aromatic nitrogens is 2. The molecule has 0 unspecified atom stereocenters. The lowest BCUT2D eigenvalue weighted by atomic mass is 10.2. The molecule has 0 spiro atoms. The van der Waals surface area contributed by atoms with Crippen LogP contribution in [0.4, 0.5) is 0 Å². The van der Waals surface area contributed by atoms with Gasteiger partial charge in [0.25, 0.3) is 11.8 Å². The van der Waals surface area contributed by atoms with Crippen LogP contribution in [0.5, 0.6) is 11.5 Å². The van der Waals surface area contributed by atoms with Gasteiger partial charge in [0.05, 0.1) is 19.9 Å². The van der Waals surface area contributed by atoms with E-state index in [2.05, 4.69) is 31.6 Å². The summed E-state index contributed by atoms with van der Waals surface area (Å²) in [5, 5.41) is 8.22. The van der Waals surface area contributed by atoms with Crippen molar-refractivity contribution >= 4 is 34.0 Å². The summed E-state index contributed by atoms with van der Waals surface area (Å²) in [4.78, 5) is 23.2. The Bertz CT molecular complexity index is 1100. The Labute approximate surface area is 187 Å². The standard InChI is InChI=1S/C21H20BrN5O4/c1-30-18-7-4-15(10-19(18)31-13-20(23)28)11-24-25-21(29)17-8-9-27(26-17)12-14-2-5-16(22)6-3-14/h2-11H,12-13H2,1H3,(H2,23,28)(H,25,29)/b24-11+. The van der Waals surface area contributed by atoms with E-state index < -0.39 is 11.8 Å². The number of carbonyl (C=O) groups is 2. The second kappa shape index (κ2) is 10.4. The molecule has 0 saturated carbocycles. The highest BCUT2D eigenvalue weighted by Gasteiger charge is 2.10. The summed E-state index contributed by atoms with van der Waals surface area (Å²) in [6.45, 7) is 0.264. The van der Waals surface area contributed by atoms with Crippen LogP contribution in [0.3, 0.4) is 0 Å². The molecule has 31 heavy (non-hydrogen) atoms. The van der Waals surface area contributed by atoms with Gasteiger partial charge >= 0.3 is 0 Å². The summed E-state index contributed by atoms with van der Waals surface area (Å²) >= 11 is 3.40. The van der Waals surface area contributed by atoms with Crippen molar-refractivity contribution in [2.45, 2.75) is 6.54 Å². The average Bonchev–Trinajstić information content (AvgIpc) is 3.22. The second-order valence-electron chi connectivity index (χ2n) is 6.39. The summed E-state index contributed by atoms with van der Waals surface area (Å²) in [5.41, 5.74) is 9.47. The maximum Gasteiger partial charge on any atom is 0.291 e. The van der Waals surface area contributed by atoms with Gasteiger partial charge in [-0.05, 0) is 47.5 Å². The van der Waals surface area contributed by atoms with Gasteiger partial charge in [-0.3, -0.25) is 14.3 Å². The molecule has 3 rings (SSSR count). The monoisotopic (exact) mass is 485 g/mol. The number of primary amides is 1. The number of hydrazone groups is 1. The molecule has 0 bridgehead atoms. The first-order chi connectivity index (χ1) is 14.9. The van der Waals surface area contributed by atoms with Crippen molar-refractivity contribution in [3.05, 3.63) is 76.0 Å². The number of hydrogen-bond donors (Lipinski definition) is 2. The number of rotatable bonds is 9. The molecule has 10 heteroatoms. The molecule has 3 N–H and O–H groups in total. The highest BCUT2D eigenvalue weighted by Crippen LogP contribution is 2.27. The maximum atomic E-state index is 12.3. The van der Waals surface area contributed by atoms with Crippen LogP contribution in [0.25, 0.3) is 0 Å². The summed E-state index contributed by atoms with van der Waals surface area (Å²) in [7, 11) is 1.48. The molecule has 0 aliphatic rings. The van der Waals surface area contributed by atoms with Crippen LogP contribution in [-0.2, 0) is 11.3 Å². The van der Waals surface area contributed by atoms with Gasteiger partial charge in [0.15, 0.2) is 23.8 Å². The smallest absolute Gasteiger partial charge is 0.291 e. The van der Waals surface area contributed by atoms with E-state index in [1.807, 2.05) is 24.3 Å². The minimum absolute atomic E-state index is 0.245. The van der Waals surface area contributed by atoms with E-state index >= 15 is 0 Å². The summed E-state index contributed by atoms with van der Waals surface area (Å²) in [6.07, 6.45) is 3.17. The third kappa shape index (κ3) is 6.41. The Kier molecular flexibility index (Phi) is 7.39. The van der Waals surface area contributed by atoms with Crippen LogP contribution in [0.1, 0.15) is 21.6 Å². The van der Waals surface area contributed by atoms with Crippen LogP contribution in [0.2, 0.25) is 0 Å². The number of benzene rings is 2. The van der Waals surface area contributed by atoms with Crippen molar-refractivity contribution < 1.29 is 19.1 Å². The molecule has 1 heterocycles. The van der Waals surface area contributed by atoms with E-state index in [9.17, 15) is 9.59 Å². The topological polar surface area (TPSA) is 121 Å². The minimum Gasteiger partial charge on any atom is -0.493 e. The highest BCUT2D eigenvalue weighted by molar-refractivity contribution is 9.10. The van der Waals surface area contributed by atoms with Gasteiger partial charge in [-0.1, -0.05) is 28.1 Å². The van der Waals surface area contributed by atoms with E-state index in [1.54, 1.807) is 35.1 Å². The normalized spacial score (nSPS) is 10.8. The fraction of sp³-hybridized carbons (Fsp3) is 0.143. The van der Waals surface area contributed by atoms with Crippen molar-refractivity contribution in [3.8, 4) is 11.5 Å². The number of methoxy groups -OCH3 is 1. The van der Waals surface area contributed by atoms with Crippen LogP contribution in [-0.4, -0.2) is 41.5 Å². The third-order valence-corrected chi connectivity index (χ3v) is 4.60. The van der Waals surface area contributed by atoms with Gasteiger partial charge in [-0.2, -0.15) is 10.2 Å². The summed E-state index contributed by atoms with van der Waals surface area (Å²) in [5.74, 6) is -0.264. The second-order valence-corrected chi connectivity index (χ2v) is 7.31. The molecule has 2 aromatic carbocycles. The predicted octanol–water partition coefficient (Wildman–Crippen LogP) is 2.33. The first-order valence-electron chi connectivity index (χ1n) is 9.15. The quantitative estimate of drug-likeness (QED) is 0.355. The Balaban J connectivity index is 1.60. The molecule has 0 fully saturated rings. The first-order valence-corrected chi connectivity index (χ1v) is 9.94. The fourth-order valence-corrected chi connectivity index (χ4v) is 2.87. The average molecular weight is 486 g/mol. The van der Waals surface area contributed by atoms with E-state index in [0.29, 0.717) is 23.6 Å². The van der Waals surface area contributed by atoms with Gasteiger partial charge in [0.2, 0.25) is 0 Å². The van der Waals surface area contributed by atoms with Gasteiger partial charge in [-0.15, -0.1) is 0 Å². The lowest BCUT2D eigenvalue weighted by Crippen LogP contribution is -2.20. The van der Waals surface area contributed by atoms with Gasteiger partial charge in [0, 0.05) is 10.7 Å². The van der Waals surface area contributed by atoms with E-state index in [4.69, 9.17) is 15.2 Å². The molecule has 2 amide bonds. The largest absolute Gasteiger partial charge is 0.493 e. The zero-order valence-electron chi connectivity index (χ0n) is 16.6. The molecule has 0 radical (unpaired) electrons. The number of nitrogens with one attached hydrogen (secondary N) is 1. The lowest BCUT2D eigenvalue weighted by molar-refractivity contribution is -0.119. The number of hydrogen-bond acceptors (Lipinski definition) is 6. The Morgan fingerprint density at radius 3 is 2.68 bits per heavy atom. The van der Waals surface area contributed by atoms with E-state index in [-0.39, 0.29) is 12.3 Å². The van der Waals surface area contributed by atoms with Crippen molar-refractivity contribution in [1.29, 1.82) is 0 Å². The number of halogens is 1. The molecule has 0 aliphatic heterocycles. The van der Waals surface area contributed by atoms with Crippen LogP contribution >= 0.6 is 15.9 Å². The highest BCUT2D eigenvalue weighted by atomic mass is 79.9. The minimum atomic E-state index is -0.604. The molecule has 3 aromatic rings. The van der Waals surface area contributed by atoms with Crippen molar-refractivity contribution in [3.63, 3.8) is 0 Å². The Morgan fingerprint density at radius 2 is 1.97 bits per heavy atom. The molecule has 1 aromatic heterocycles. The van der Waals surface area contributed by atoms with Crippen LogP contribution in [0, 0.1) is 0 Å². The molecule has 9 nitrogen and oxygen atoms in total. The molecular formula is C21H20BrN5O4. The number of carbonyl (C=O) groups excluding carboxylic acids is 2. The Morgan fingerprint density at radius 1 is 1.19 bits per heavy atom.